The molecule has 0 aliphatic heterocycles. The minimum absolute atomic E-state index is 0.0284. The zero-order valence-corrected chi connectivity index (χ0v) is 15.4. The number of carbonyl (C=O) groups excluding carboxylic acids is 1. The molecule has 24 heavy (non-hydrogen) atoms. The highest BCUT2D eigenvalue weighted by atomic mass is 35.5. The van der Waals surface area contributed by atoms with Crippen LogP contribution in [0.2, 0.25) is 5.02 Å². The Balaban J connectivity index is 1.78. The summed E-state index contributed by atoms with van der Waals surface area (Å²) in [5.74, 6) is 0.663. The van der Waals surface area contributed by atoms with Crippen molar-refractivity contribution < 1.29 is 9.21 Å². The van der Waals surface area contributed by atoms with Gasteiger partial charge in [-0.2, -0.15) is 0 Å². The lowest BCUT2D eigenvalue weighted by atomic mass is 10.2. The van der Waals surface area contributed by atoms with Crippen molar-refractivity contribution in [3.63, 3.8) is 0 Å². The molecule has 0 aliphatic rings. The molecule has 0 fully saturated rings. The molecule has 0 aliphatic carbocycles. The number of halogens is 1. The van der Waals surface area contributed by atoms with Gasteiger partial charge in [-0.3, -0.25) is 9.69 Å². The predicted octanol–water partition coefficient (Wildman–Crippen LogP) is 4.49. The maximum absolute atomic E-state index is 12.6. The van der Waals surface area contributed by atoms with Crippen LogP contribution in [0.15, 0.2) is 41.0 Å². The van der Waals surface area contributed by atoms with Gasteiger partial charge in [0.25, 0.3) is 5.91 Å². The molecule has 1 amide bonds. The standard InChI is InChI=1S/C18H19ClN2O2S/c1-11-6-7-12-15(9-11)24-17(16(12)19)18(22)20-10-13(21(2)3)14-5-4-8-23-14/h4-9,13H,10H2,1-3H3,(H,20,22)/t13-/m0/s1. The molecule has 0 saturated heterocycles. The van der Waals surface area contributed by atoms with E-state index in [0.717, 1.165) is 21.4 Å². The summed E-state index contributed by atoms with van der Waals surface area (Å²) >= 11 is 7.83. The second-order valence-corrected chi connectivity index (χ2v) is 7.38. The molecule has 1 N–H and O–H groups in total. The van der Waals surface area contributed by atoms with Gasteiger partial charge < -0.3 is 9.73 Å². The van der Waals surface area contributed by atoms with E-state index in [1.165, 1.54) is 11.3 Å². The third-order valence-electron chi connectivity index (χ3n) is 3.94. The Hall–Kier alpha value is -1.82. The van der Waals surface area contributed by atoms with E-state index < -0.39 is 0 Å². The zero-order valence-electron chi connectivity index (χ0n) is 13.8. The second-order valence-electron chi connectivity index (χ2n) is 5.95. The van der Waals surface area contributed by atoms with Crippen molar-refractivity contribution in [1.29, 1.82) is 0 Å². The highest BCUT2D eigenvalue weighted by Crippen LogP contribution is 2.35. The Morgan fingerprint density at radius 3 is 2.83 bits per heavy atom. The third-order valence-corrected chi connectivity index (χ3v) is 5.60. The lowest BCUT2D eigenvalue weighted by Gasteiger charge is -2.22. The Kier molecular flexibility index (Phi) is 4.94. The van der Waals surface area contributed by atoms with Crippen LogP contribution in [0.5, 0.6) is 0 Å². The number of likely N-dealkylation sites (N-methyl/N-ethyl adjacent to an activating group) is 1. The van der Waals surface area contributed by atoms with E-state index in [4.69, 9.17) is 16.0 Å². The molecule has 2 aromatic heterocycles. The second kappa shape index (κ2) is 6.97. The average Bonchev–Trinajstić information content (AvgIpc) is 3.15. The van der Waals surface area contributed by atoms with Gasteiger partial charge >= 0.3 is 0 Å². The van der Waals surface area contributed by atoms with Gasteiger partial charge in [0.2, 0.25) is 0 Å². The first-order valence-corrected chi connectivity index (χ1v) is 8.83. The van der Waals surface area contributed by atoms with Crippen molar-refractivity contribution in [1.82, 2.24) is 10.2 Å². The number of amides is 1. The van der Waals surface area contributed by atoms with Crippen molar-refractivity contribution in [3.05, 3.63) is 57.8 Å². The van der Waals surface area contributed by atoms with Gasteiger partial charge in [-0.05, 0) is 44.8 Å². The number of aryl methyl sites for hydroxylation is 1. The number of fused-ring (bicyclic) bond motifs is 1. The molecule has 126 valence electrons. The van der Waals surface area contributed by atoms with E-state index >= 15 is 0 Å². The average molecular weight is 363 g/mol. The Labute approximate surface area is 150 Å². The molecule has 0 spiro atoms. The Morgan fingerprint density at radius 1 is 1.38 bits per heavy atom. The van der Waals surface area contributed by atoms with Gasteiger partial charge in [0, 0.05) is 16.6 Å². The number of furan rings is 1. The number of nitrogens with one attached hydrogen (secondary N) is 1. The number of hydrogen-bond donors (Lipinski definition) is 1. The number of benzene rings is 1. The Bertz CT molecular complexity index is 855. The van der Waals surface area contributed by atoms with E-state index in [1.807, 2.05) is 56.3 Å². The maximum atomic E-state index is 12.6. The summed E-state index contributed by atoms with van der Waals surface area (Å²) in [6.45, 7) is 2.47. The molecule has 3 aromatic rings. The van der Waals surface area contributed by atoms with Crippen LogP contribution in [0.3, 0.4) is 0 Å². The monoisotopic (exact) mass is 362 g/mol. The first kappa shape index (κ1) is 17.0. The molecule has 1 atom stereocenters. The van der Waals surface area contributed by atoms with Crippen molar-refractivity contribution in [2.24, 2.45) is 0 Å². The largest absolute Gasteiger partial charge is 0.468 e. The number of carbonyl (C=O) groups is 1. The number of rotatable bonds is 5. The molecular weight excluding hydrogens is 344 g/mol. The number of hydrogen-bond acceptors (Lipinski definition) is 4. The van der Waals surface area contributed by atoms with Gasteiger partial charge in [0.05, 0.1) is 17.3 Å². The van der Waals surface area contributed by atoms with Gasteiger partial charge in [-0.15, -0.1) is 11.3 Å². The van der Waals surface area contributed by atoms with Gasteiger partial charge in [-0.1, -0.05) is 23.7 Å². The van der Waals surface area contributed by atoms with Crippen LogP contribution in [-0.4, -0.2) is 31.4 Å². The van der Waals surface area contributed by atoms with E-state index in [9.17, 15) is 4.79 Å². The van der Waals surface area contributed by atoms with Gasteiger partial charge in [0.15, 0.2) is 0 Å². The van der Waals surface area contributed by atoms with Crippen LogP contribution in [0.4, 0.5) is 0 Å². The van der Waals surface area contributed by atoms with Crippen LogP contribution in [0.25, 0.3) is 10.1 Å². The summed E-state index contributed by atoms with van der Waals surface area (Å²) in [6, 6.07) is 9.74. The molecule has 2 heterocycles. The topological polar surface area (TPSA) is 45.5 Å². The summed E-state index contributed by atoms with van der Waals surface area (Å²) in [5.41, 5.74) is 1.15. The summed E-state index contributed by atoms with van der Waals surface area (Å²) in [5, 5.41) is 4.41. The lowest BCUT2D eigenvalue weighted by molar-refractivity contribution is 0.0943. The first-order chi connectivity index (χ1) is 11.5. The quantitative estimate of drug-likeness (QED) is 0.727. The molecular formula is C18H19ClN2O2S. The van der Waals surface area contributed by atoms with Gasteiger partial charge in [0.1, 0.15) is 10.6 Å². The molecule has 3 rings (SSSR count). The summed E-state index contributed by atoms with van der Waals surface area (Å²) in [6.07, 6.45) is 1.64. The molecule has 1 aromatic carbocycles. The fourth-order valence-electron chi connectivity index (χ4n) is 2.61. The van der Waals surface area contributed by atoms with E-state index in [2.05, 4.69) is 5.32 Å². The van der Waals surface area contributed by atoms with Crippen LogP contribution < -0.4 is 5.32 Å². The molecule has 0 bridgehead atoms. The third kappa shape index (κ3) is 3.34. The lowest BCUT2D eigenvalue weighted by Crippen LogP contribution is -2.34. The van der Waals surface area contributed by atoms with Crippen molar-refractivity contribution in [2.75, 3.05) is 20.6 Å². The van der Waals surface area contributed by atoms with Gasteiger partial charge in [-0.25, -0.2) is 0 Å². The van der Waals surface area contributed by atoms with Crippen LogP contribution in [0, 0.1) is 6.92 Å². The normalized spacial score (nSPS) is 12.7. The SMILES string of the molecule is Cc1ccc2c(Cl)c(C(=O)NC[C@@H](c3ccco3)N(C)C)sc2c1. The zero-order chi connectivity index (χ0) is 17.3. The fourth-order valence-corrected chi connectivity index (χ4v) is 4.14. The fraction of sp³-hybridized carbons (Fsp3) is 0.278. The summed E-state index contributed by atoms with van der Waals surface area (Å²) < 4.78 is 6.49. The molecule has 4 nitrogen and oxygen atoms in total. The van der Waals surface area contributed by atoms with Crippen molar-refractivity contribution in [3.8, 4) is 0 Å². The van der Waals surface area contributed by atoms with E-state index in [0.29, 0.717) is 16.4 Å². The minimum Gasteiger partial charge on any atom is -0.468 e. The minimum atomic E-state index is -0.155. The maximum Gasteiger partial charge on any atom is 0.263 e. The predicted molar refractivity (Wildman–Crippen MR) is 99.0 cm³/mol. The highest BCUT2D eigenvalue weighted by Gasteiger charge is 2.21. The number of nitrogens with zero attached hydrogens (tertiary/aromatic N) is 1. The first-order valence-electron chi connectivity index (χ1n) is 7.64. The van der Waals surface area contributed by atoms with E-state index in [-0.39, 0.29) is 11.9 Å². The molecule has 0 radical (unpaired) electrons. The smallest absolute Gasteiger partial charge is 0.263 e. The highest BCUT2D eigenvalue weighted by molar-refractivity contribution is 7.21. The van der Waals surface area contributed by atoms with Crippen LogP contribution in [0.1, 0.15) is 27.0 Å². The number of thiophene rings is 1. The molecule has 6 heteroatoms. The van der Waals surface area contributed by atoms with Crippen molar-refractivity contribution >= 4 is 38.9 Å². The van der Waals surface area contributed by atoms with E-state index in [1.54, 1.807) is 6.26 Å². The Morgan fingerprint density at radius 2 is 2.17 bits per heavy atom. The van der Waals surface area contributed by atoms with Crippen LogP contribution >= 0.6 is 22.9 Å². The van der Waals surface area contributed by atoms with Crippen molar-refractivity contribution in [2.45, 2.75) is 13.0 Å². The summed E-state index contributed by atoms with van der Waals surface area (Å²) in [4.78, 5) is 15.1. The molecule has 0 saturated carbocycles. The molecule has 0 unspecified atom stereocenters. The summed E-state index contributed by atoms with van der Waals surface area (Å²) in [7, 11) is 3.91. The van der Waals surface area contributed by atoms with Crippen LogP contribution in [-0.2, 0) is 0 Å².